The van der Waals surface area contributed by atoms with Gasteiger partial charge in [-0.05, 0) is 18.2 Å². The molecule has 3 rings (SSSR count). The summed E-state index contributed by atoms with van der Waals surface area (Å²) in [7, 11) is 1.64. The third-order valence-corrected chi connectivity index (χ3v) is 4.47. The molecule has 0 saturated heterocycles. The summed E-state index contributed by atoms with van der Waals surface area (Å²) in [6, 6.07) is 7.50. The number of ether oxygens (including phenoxy) is 1. The zero-order chi connectivity index (χ0) is 14.5. The van der Waals surface area contributed by atoms with E-state index in [0.29, 0.717) is 0 Å². The summed E-state index contributed by atoms with van der Waals surface area (Å²) in [4.78, 5) is 11.9. The Kier molecular flexibility index (Phi) is 2.87. The van der Waals surface area contributed by atoms with Gasteiger partial charge < -0.3 is 9.15 Å². The van der Waals surface area contributed by atoms with Gasteiger partial charge in [-0.25, -0.2) is 4.79 Å². The van der Waals surface area contributed by atoms with Crippen molar-refractivity contribution in [1.29, 1.82) is 0 Å². The van der Waals surface area contributed by atoms with Crippen LogP contribution in [0.5, 0.6) is 5.75 Å². The number of benzene rings is 1. The van der Waals surface area contributed by atoms with Crippen molar-refractivity contribution in [3.8, 4) is 5.75 Å². The lowest BCUT2D eigenvalue weighted by molar-refractivity contribution is 0.386. The molecule has 0 N–H and O–H groups in total. The third-order valence-electron chi connectivity index (χ3n) is 3.29. The normalized spacial score (nSPS) is 12.2. The smallest absolute Gasteiger partial charge is 0.336 e. The van der Waals surface area contributed by atoms with E-state index in [0.717, 1.165) is 31.7 Å². The fraction of sp³-hybridized carbons (Fsp3) is 0.312. The van der Waals surface area contributed by atoms with Gasteiger partial charge in [0.05, 0.1) is 11.8 Å². The van der Waals surface area contributed by atoms with E-state index >= 15 is 0 Å². The van der Waals surface area contributed by atoms with Gasteiger partial charge in [0.15, 0.2) is 0 Å². The molecule has 0 unspecified atom stereocenters. The monoisotopic (exact) mass is 288 g/mol. The zero-order valence-electron chi connectivity index (χ0n) is 11.9. The first kappa shape index (κ1) is 13.2. The van der Waals surface area contributed by atoms with Crippen LogP contribution in [0.25, 0.3) is 20.2 Å². The lowest BCUT2D eigenvalue weighted by Crippen LogP contribution is -2.14. The minimum atomic E-state index is -0.301. The number of rotatable bonds is 1. The van der Waals surface area contributed by atoms with E-state index in [1.54, 1.807) is 24.5 Å². The van der Waals surface area contributed by atoms with Crippen LogP contribution in [0, 0.1) is 0 Å². The fourth-order valence-electron chi connectivity index (χ4n) is 2.32. The largest absolute Gasteiger partial charge is 0.497 e. The van der Waals surface area contributed by atoms with Crippen LogP contribution in [0.3, 0.4) is 0 Å². The molecule has 0 saturated carbocycles. The van der Waals surface area contributed by atoms with Crippen molar-refractivity contribution in [1.82, 2.24) is 0 Å². The lowest BCUT2D eigenvalue weighted by Gasteiger charge is -2.16. The van der Waals surface area contributed by atoms with Gasteiger partial charge in [-0.1, -0.05) is 20.8 Å². The highest BCUT2D eigenvalue weighted by molar-refractivity contribution is 7.26. The van der Waals surface area contributed by atoms with E-state index in [4.69, 9.17) is 9.15 Å². The molecule has 0 atom stereocenters. The van der Waals surface area contributed by atoms with Crippen molar-refractivity contribution in [2.75, 3.05) is 7.11 Å². The van der Waals surface area contributed by atoms with Gasteiger partial charge in [0.2, 0.25) is 0 Å². The molecule has 0 spiro atoms. The molecule has 4 heteroatoms. The van der Waals surface area contributed by atoms with E-state index in [1.165, 1.54) is 0 Å². The summed E-state index contributed by atoms with van der Waals surface area (Å²) in [5.74, 6) is 1.54. The van der Waals surface area contributed by atoms with E-state index in [9.17, 15) is 4.79 Å². The Bertz CT molecular complexity index is 850. The van der Waals surface area contributed by atoms with E-state index in [-0.39, 0.29) is 11.0 Å². The quantitative estimate of drug-likeness (QED) is 0.669. The summed E-state index contributed by atoms with van der Waals surface area (Å²) in [6.07, 6.45) is 0. The van der Waals surface area contributed by atoms with Gasteiger partial charge in [0.1, 0.15) is 11.5 Å². The molecule has 0 aliphatic heterocycles. The van der Waals surface area contributed by atoms with Crippen LogP contribution in [0.15, 0.2) is 33.5 Å². The van der Waals surface area contributed by atoms with Crippen LogP contribution < -0.4 is 10.4 Å². The van der Waals surface area contributed by atoms with Crippen LogP contribution in [0.1, 0.15) is 26.5 Å². The predicted octanol–water partition coefficient (Wildman–Crippen LogP) is 4.31. The molecule has 20 heavy (non-hydrogen) atoms. The van der Waals surface area contributed by atoms with Gasteiger partial charge >= 0.3 is 5.63 Å². The number of thiophene rings is 1. The Balaban J connectivity index is 2.48. The highest BCUT2D eigenvalue weighted by Crippen LogP contribution is 2.40. The molecule has 3 nitrogen and oxygen atoms in total. The number of fused-ring (bicyclic) bond motifs is 3. The third kappa shape index (κ3) is 2.00. The van der Waals surface area contributed by atoms with Crippen molar-refractivity contribution in [3.63, 3.8) is 0 Å². The molecule has 0 bridgehead atoms. The van der Waals surface area contributed by atoms with Crippen molar-refractivity contribution in [2.24, 2.45) is 0 Å². The summed E-state index contributed by atoms with van der Waals surface area (Å²) < 4.78 is 12.9. The molecule has 0 fully saturated rings. The van der Waals surface area contributed by atoms with E-state index in [2.05, 4.69) is 20.8 Å². The molecule has 1 aromatic carbocycles. The summed E-state index contributed by atoms with van der Waals surface area (Å²) >= 11 is 1.65. The Morgan fingerprint density at radius 3 is 2.55 bits per heavy atom. The molecule has 3 aromatic rings. The Hall–Kier alpha value is -1.81. The van der Waals surface area contributed by atoms with Gasteiger partial charge in [-0.2, -0.15) is 0 Å². The molecule has 104 valence electrons. The summed E-state index contributed by atoms with van der Waals surface area (Å²) in [5, 5.41) is 1.99. The molecule has 0 radical (unpaired) electrons. The van der Waals surface area contributed by atoms with Crippen LogP contribution in [0.4, 0.5) is 0 Å². The first-order valence-corrected chi connectivity index (χ1v) is 7.26. The maximum Gasteiger partial charge on any atom is 0.336 e. The lowest BCUT2D eigenvalue weighted by atomic mass is 9.92. The summed E-state index contributed by atoms with van der Waals surface area (Å²) in [6.45, 7) is 6.15. The molecular formula is C16H16O3S. The molecule has 2 aromatic heterocycles. The highest BCUT2D eigenvalue weighted by Gasteiger charge is 2.23. The van der Waals surface area contributed by atoms with Crippen molar-refractivity contribution in [3.05, 3.63) is 40.4 Å². The van der Waals surface area contributed by atoms with Crippen molar-refractivity contribution < 1.29 is 9.15 Å². The molecule has 0 amide bonds. The maximum absolute atomic E-state index is 11.9. The second-order valence-electron chi connectivity index (χ2n) is 5.85. The summed E-state index contributed by atoms with van der Waals surface area (Å²) in [5.41, 5.74) is -0.506. The number of hydrogen-bond donors (Lipinski definition) is 0. The molecular weight excluding hydrogens is 272 g/mol. The average Bonchev–Trinajstić information content (AvgIpc) is 2.74. The Morgan fingerprint density at radius 1 is 1.15 bits per heavy atom. The molecule has 0 aliphatic rings. The minimum Gasteiger partial charge on any atom is -0.497 e. The van der Waals surface area contributed by atoms with E-state index in [1.807, 2.05) is 18.2 Å². The van der Waals surface area contributed by atoms with E-state index < -0.39 is 0 Å². The first-order valence-electron chi connectivity index (χ1n) is 6.45. The topological polar surface area (TPSA) is 39.4 Å². The van der Waals surface area contributed by atoms with Crippen LogP contribution >= 0.6 is 11.3 Å². The van der Waals surface area contributed by atoms with Gasteiger partial charge in [0.25, 0.3) is 0 Å². The SMILES string of the molecule is COc1ccc2sc3c(C(C)(C)C)oc(=O)cc3c2c1. The highest BCUT2D eigenvalue weighted by atomic mass is 32.1. The van der Waals surface area contributed by atoms with Crippen LogP contribution in [0.2, 0.25) is 0 Å². The predicted molar refractivity (Wildman–Crippen MR) is 83.1 cm³/mol. The number of methoxy groups -OCH3 is 1. The fourth-order valence-corrected chi connectivity index (χ4v) is 3.68. The maximum atomic E-state index is 11.9. The van der Waals surface area contributed by atoms with Gasteiger partial charge in [-0.15, -0.1) is 11.3 Å². The second kappa shape index (κ2) is 4.35. The zero-order valence-corrected chi connectivity index (χ0v) is 12.8. The standard InChI is InChI=1S/C16H16O3S/c1-16(2,3)15-14-11(8-13(17)19-15)10-7-9(18-4)5-6-12(10)20-14/h5-8H,1-4H3. The average molecular weight is 288 g/mol. The second-order valence-corrected chi connectivity index (χ2v) is 6.90. The van der Waals surface area contributed by atoms with Gasteiger partial charge in [-0.3, -0.25) is 0 Å². The van der Waals surface area contributed by atoms with Gasteiger partial charge in [0, 0.05) is 27.0 Å². The first-order chi connectivity index (χ1) is 9.40. The van der Waals surface area contributed by atoms with Crippen LogP contribution in [-0.2, 0) is 5.41 Å². The minimum absolute atomic E-state index is 0.205. The number of hydrogen-bond acceptors (Lipinski definition) is 4. The van der Waals surface area contributed by atoms with Crippen LogP contribution in [-0.4, -0.2) is 7.11 Å². The Morgan fingerprint density at radius 2 is 1.90 bits per heavy atom. The van der Waals surface area contributed by atoms with Crippen molar-refractivity contribution in [2.45, 2.75) is 26.2 Å². The molecule has 0 aliphatic carbocycles. The Labute approximate surface area is 120 Å². The molecule has 2 heterocycles. The van der Waals surface area contributed by atoms with Crippen molar-refractivity contribution >= 4 is 31.5 Å².